The highest BCUT2D eigenvalue weighted by molar-refractivity contribution is 6.46. The maximum atomic E-state index is 13.2. The van der Waals surface area contributed by atoms with Crippen molar-refractivity contribution >= 4 is 17.4 Å². The number of carbonyl (C=O) groups excluding carboxylic acids is 2. The first-order chi connectivity index (χ1) is 16.4. The van der Waals surface area contributed by atoms with Crippen molar-refractivity contribution in [2.75, 3.05) is 32.8 Å². The third kappa shape index (κ3) is 5.86. The molecular weight excluding hydrogens is 428 g/mol. The molecule has 0 aromatic heterocycles. The Labute approximate surface area is 202 Å². The van der Waals surface area contributed by atoms with Gasteiger partial charge in [0, 0.05) is 18.7 Å². The number of nitrogens with zero attached hydrogens (tertiary/aromatic N) is 2. The van der Waals surface area contributed by atoms with Gasteiger partial charge in [0.25, 0.3) is 11.7 Å². The van der Waals surface area contributed by atoms with Crippen molar-refractivity contribution in [3.05, 3.63) is 71.3 Å². The normalized spacial score (nSPS) is 17.7. The maximum Gasteiger partial charge on any atom is 0.295 e. The van der Waals surface area contributed by atoms with E-state index in [1.54, 1.807) is 29.2 Å². The van der Waals surface area contributed by atoms with Gasteiger partial charge in [0.1, 0.15) is 11.5 Å². The Morgan fingerprint density at radius 2 is 1.76 bits per heavy atom. The summed E-state index contributed by atoms with van der Waals surface area (Å²) in [4.78, 5) is 30.1. The molecular formula is C28H36N2O4. The highest BCUT2D eigenvalue weighted by Crippen LogP contribution is 2.40. The van der Waals surface area contributed by atoms with Gasteiger partial charge >= 0.3 is 0 Å². The number of aliphatic hydroxyl groups excluding tert-OH is 1. The number of likely N-dealkylation sites (tertiary alicyclic amines) is 1. The molecule has 0 spiro atoms. The second kappa shape index (κ2) is 11.8. The number of benzene rings is 2. The molecule has 1 heterocycles. The molecule has 1 amide bonds. The van der Waals surface area contributed by atoms with Gasteiger partial charge in [-0.05, 0) is 43.1 Å². The molecule has 2 aromatic carbocycles. The van der Waals surface area contributed by atoms with Crippen LogP contribution in [0, 0.1) is 5.92 Å². The number of Topliss-reactive ketones (excluding diaryl/α,β-unsaturated/α-hetero) is 1. The van der Waals surface area contributed by atoms with E-state index in [4.69, 9.17) is 4.74 Å². The summed E-state index contributed by atoms with van der Waals surface area (Å²) in [5.74, 6) is -0.174. The van der Waals surface area contributed by atoms with E-state index < -0.39 is 17.7 Å². The Balaban J connectivity index is 2.02. The molecule has 1 unspecified atom stereocenters. The average molecular weight is 465 g/mol. The average Bonchev–Trinajstić information content (AvgIpc) is 3.09. The zero-order chi connectivity index (χ0) is 24.7. The SMILES string of the molecule is CCN(CC)CCN1C(=O)C(=O)/C(=C(/O)c2ccccc2)C1c1cccc(OCCC(C)C)c1. The van der Waals surface area contributed by atoms with Crippen LogP contribution in [0.15, 0.2) is 60.2 Å². The van der Waals surface area contributed by atoms with E-state index in [1.165, 1.54) is 0 Å². The van der Waals surface area contributed by atoms with Crippen LogP contribution >= 0.6 is 0 Å². The zero-order valence-corrected chi connectivity index (χ0v) is 20.7. The number of hydrogen-bond donors (Lipinski definition) is 1. The van der Waals surface area contributed by atoms with E-state index in [-0.39, 0.29) is 11.3 Å². The maximum absolute atomic E-state index is 13.2. The topological polar surface area (TPSA) is 70.1 Å². The van der Waals surface area contributed by atoms with Gasteiger partial charge in [0.05, 0.1) is 18.2 Å². The Bertz CT molecular complexity index is 1010. The van der Waals surface area contributed by atoms with Crippen LogP contribution in [0.25, 0.3) is 5.76 Å². The van der Waals surface area contributed by atoms with Crippen molar-refractivity contribution in [1.82, 2.24) is 9.80 Å². The van der Waals surface area contributed by atoms with E-state index >= 15 is 0 Å². The standard InChI is InChI=1S/C28H36N2O4/c1-5-29(6-2)16-17-30-25(22-13-10-14-23(19-22)34-18-15-20(3)4)24(27(32)28(30)33)26(31)21-11-8-7-9-12-21/h7-14,19-20,25,31H,5-6,15-18H2,1-4H3/b26-24+. The lowest BCUT2D eigenvalue weighted by molar-refractivity contribution is -0.140. The van der Waals surface area contributed by atoms with E-state index in [1.807, 2.05) is 30.3 Å². The van der Waals surface area contributed by atoms with Crippen LogP contribution < -0.4 is 4.74 Å². The van der Waals surface area contributed by atoms with Crippen LogP contribution in [0.3, 0.4) is 0 Å². The molecule has 0 bridgehead atoms. The first kappa shape index (κ1) is 25.5. The quantitative estimate of drug-likeness (QED) is 0.292. The smallest absolute Gasteiger partial charge is 0.295 e. The van der Waals surface area contributed by atoms with Gasteiger partial charge < -0.3 is 19.6 Å². The van der Waals surface area contributed by atoms with Crippen LogP contribution in [-0.4, -0.2) is 59.4 Å². The number of aliphatic hydroxyl groups is 1. The summed E-state index contributed by atoms with van der Waals surface area (Å²) in [5, 5.41) is 11.1. The largest absolute Gasteiger partial charge is 0.507 e. The van der Waals surface area contributed by atoms with Crippen LogP contribution in [0.1, 0.15) is 51.3 Å². The van der Waals surface area contributed by atoms with E-state index in [9.17, 15) is 14.7 Å². The minimum Gasteiger partial charge on any atom is -0.507 e. The first-order valence-corrected chi connectivity index (χ1v) is 12.2. The minimum absolute atomic E-state index is 0.120. The summed E-state index contributed by atoms with van der Waals surface area (Å²) in [5.41, 5.74) is 1.38. The highest BCUT2D eigenvalue weighted by Gasteiger charge is 2.46. The summed E-state index contributed by atoms with van der Waals surface area (Å²) < 4.78 is 5.94. The monoisotopic (exact) mass is 464 g/mol. The van der Waals surface area contributed by atoms with Crippen LogP contribution in [0.5, 0.6) is 5.75 Å². The molecule has 182 valence electrons. The van der Waals surface area contributed by atoms with Crippen molar-refractivity contribution in [3.8, 4) is 5.75 Å². The molecule has 0 radical (unpaired) electrons. The fourth-order valence-corrected chi connectivity index (χ4v) is 4.18. The van der Waals surface area contributed by atoms with Crippen molar-refractivity contribution in [3.63, 3.8) is 0 Å². The van der Waals surface area contributed by atoms with Gasteiger partial charge in [-0.1, -0.05) is 70.2 Å². The summed E-state index contributed by atoms with van der Waals surface area (Å²) in [7, 11) is 0. The van der Waals surface area contributed by atoms with Crippen LogP contribution in [-0.2, 0) is 9.59 Å². The van der Waals surface area contributed by atoms with Crippen molar-refractivity contribution in [2.24, 2.45) is 5.92 Å². The van der Waals surface area contributed by atoms with Gasteiger partial charge in [-0.3, -0.25) is 9.59 Å². The predicted octanol–water partition coefficient (Wildman–Crippen LogP) is 4.88. The Hall–Kier alpha value is -3.12. The molecule has 2 aromatic rings. The number of rotatable bonds is 11. The lowest BCUT2D eigenvalue weighted by Crippen LogP contribution is -2.38. The number of carbonyl (C=O) groups is 2. The van der Waals surface area contributed by atoms with Crippen molar-refractivity contribution in [2.45, 2.75) is 40.2 Å². The number of hydrogen-bond acceptors (Lipinski definition) is 5. The molecule has 0 aliphatic carbocycles. The number of ketones is 1. The summed E-state index contributed by atoms with van der Waals surface area (Å²) in [6.45, 7) is 11.8. The molecule has 3 rings (SSSR count). The third-order valence-electron chi connectivity index (χ3n) is 6.28. The molecule has 1 aliphatic heterocycles. The molecule has 1 fully saturated rings. The summed E-state index contributed by atoms with van der Waals surface area (Å²) in [6.07, 6.45) is 0.931. The molecule has 6 heteroatoms. The fourth-order valence-electron chi connectivity index (χ4n) is 4.18. The Morgan fingerprint density at radius 1 is 1.06 bits per heavy atom. The molecule has 34 heavy (non-hydrogen) atoms. The van der Waals surface area contributed by atoms with Gasteiger partial charge in [0.15, 0.2) is 0 Å². The number of ether oxygens (including phenoxy) is 1. The van der Waals surface area contributed by atoms with Crippen molar-refractivity contribution < 1.29 is 19.4 Å². The zero-order valence-electron chi connectivity index (χ0n) is 20.7. The van der Waals surface area contributed by atoms with Crippen LogP contribution in [0.4, 0.5) is 0 Å². The van der Waals surface area contributed by atoms with Crippen LogP contribution in [0.2, 0.25) is 0 Å². The van der Waals surface area contributed by atoms with Gasteiger partial charge in [-0.15, -0.1) is 0 Å². The molecule has 1 atom stereocenters. The summed E-state index contributed by atoms with van der Waals surface area (Å²) in [6, 6.07) is 15.7. The van der Waals surface area contributed by atoms with E-state index in [2.05, 4.69) is 32.6 Å². The molecule has 1 N–H and O–H groups in total. The predicted molar refractivity (Wildman–Crippen MR) is 135 cm³/mol. The summed E-state index contributed by atoms with van der Waals surface area (Å²) >= 11 is 0. The number of likely N-dealkylation sites (N-methyl/N-ethyl adjacent to an activating group) is 1. The van der Waals surface area contributed by atoms with E-state index in [0.29, 0.717) is 36.9 Å². The molecule has 6 nitrogen and oxygen atoms in total. The minimum atomic E-state index is -0.676. The lowest BCUT2D eigenvalue weighted by Gasteiger charge is -2.28. The second-order valence-electron chi connectivity index (χ2n) is 8.99. The highest BCUT2D eigenvalue weighted by atomic mass is 16.5. The molecule has 0 saturated carbocycles. The Morgan fingerprint density at radius 3 is 2.41 bits per heavy atom. The van der Waals surface area contributed by atoms with Gasteiger partial charge in [-0.2, -0.15) is 0 Å². The number of amides is 1. The molecule has 1 aliphatic rings. The lowest BCUT2D eigenvalue weighted by atomic mass is 9.95. The fraction of sp³-hybridized carbons (Fsp3) is 0.429. The second-order valence-corrected chi connectivity index (χ2v) is 8.99. The first-order valence-electron chi connectivity index (χ1n) is 12.2. The molecule has 1 saturated heterocycles. The Kier molecular flexibility index (Phi) is 8.88. The van der Waals surface area contributed by atoms with Gasteiger partial charge in [-0.25, -0.2) is 0 Å². The third-order valence-corrected chi connectivity index (χ3v) is 6.28. The van der Waals surface area contributed by atoms with E-state index in [0.717, 1.165) is 25.1 Å². The van der Waals surface area contributed by atoms with Crippen molar-refractivity contribution in [1.29, 1.82) is 0 Å². The van der Waals surface area contributed by atoms with Gasteiger partial charge in [0.2, 0.25) is 0 Å².